The molecule has 1 heterocycles. The fourth-order valence-corrected chi connectivity index (χ4v) is 3.69. The number of hydrogen-bond donors (Lipinski definition) is 1. The van der Waals surface area contributed by atoms with Crippen LogP contribution in [-0.2, 0) is 16.1 Å². The number of halogens is 1. The van der Waals surface area contributed by atoms with Crippen LogP contribution in [-0.4, -0.2) is 52.6 Å². The van der Waals surface area contributed by atoms with Crippen LogP contribution in [0.1, 0.15) is 53.0 Å². The monoisotopic (exact) mass is 439 g/mol. The molecule has 2 aromatic carbocycles. The number of fused-ring (bicyclic) bond motifs is 1. The maximum atomic E-state index is 14.2. The number of carbonyl (C=O) groups excluding carboxylic acids is 4. The minimum atomic E-state index is -0.804. The van der Waals surface area contributed by atoms with Gasteiger partial charge in [0.15, 0.2) is 0 Å². The lowest BCUT2D eigenvalue weighted by molar-refractivity contribution is -0.140. The SMILES string of the molecule is CCNC(=O)[C@@H](C)N(Cc1ccccc1F)C(=O)CCCN1C(=O)c2ccccc2C1=O. The Morgan fingerprint density at radius 1 is 1.03 bits per heavy atom. The van der Waals surface area contributed by atoms with Gasteiger partial charge >= 0.3 is 0 Å². The number of nitrogens with zero attached hydrogens (tertiary/aromatic N) is 2. The van der Waals surface area contributed by atoms with Gasteiger partial charge in [-0.2, -0.15) is 0 Å². The van der Waals surface area contributed by atoms with Crippen molar-refractivity contribution in [2.45, 2.75) is 39.3 Å². The number of carbonyl (C=O) groups is 4. The van der Waals surface area contributed by atoms with Gasteiger partial charge in [-0.15, -0.1) is 0 Å². The van der Waals surface area contributed by atoms with Crippen LogP contribution < -0.4 is 5.32 Å². The molecular formula is C24H26FN3O4. The predicted molar refractivity (Wildman–Crippen MR) is 116 cm³/mol. The van der Waals surface area contributed by atoms with E-state index in [1.54, 1.807) is 56.3 Å². The summed E-state index contributed by atoms with van der Waals surface area (Å²) in [6, 6.07) is 11.9. The zero-order valence-electron chi connectivity index (χ0n) is 18.1. The van der Waals surface area contributed by atoms with Gasteiger partial charge < -0.3 is 10.2 Å². The molecule has 0 unspecified atom stereocenters. The summed E-state index contributed by atoms with van der Waals surface area (Å²) in [5, 5.41) is 2.68. The first-order chi connectivity index (χ1) is 15.3. The van der Waals surface area contributed by atoms with E-state index in [9.17, 15) is 23.6 Å². The van der Waals surface area contributed by atoms with Gasteiger partial charge in [-0.05, 0) is 38.5 Å². The largest absolute Gasteiger partial charge is 0.355 e. The highest BCUT2D eigenvalue weighted by Crippen LogP contribution is 2.23. The van der Waals surface area contributed by atoms with E-state index >= 15 is 0 Å². The second-order valence-corrected chi connectivity index (χ2v) is 7.59. The second kappa shape index (κ2) is 10.2. The third-order valence-corrected chi connectivity index (χ3v) is 5.47. The predicted octanol–water partition coefficient (Wildman–Crippen LogP) is 2.76. The summed E-state index contributed by atoms with van der Waals surface area (Å²) in [6.45, 7) is 3.80. The van der Waals surface area contributed by atoms with Crippen LogP contribution in [0.15, 0.2) is 48.5 Å². The van der Waals surface area contributed by atoms with Crippen LogP contribution in [0.3, 0.4) is 0 Å². The molecule has 1 atom stereocenters. The van der Waals surface area contributed by atoms with Gasteiger partial charge in [-0.3, -0.25) is 24.1 Å². The molecule has 2 aromatic rings. The molecule has 0 fully saturated rings. The van der Waals surface area contributed by atoms with Crippen molar-refractivity contribution in [3.63, 3.8) is 0 Å². The molecule has 7 nitrogen and oxygen atoms in total. The summed E-state index contributed by atoms with van der Waals surface area (Å²) < 4.78 is 14.2. The summed E-state index contributed by atoms with van der Waals surface area (Å²) in [5.74, 6) is -1.91. The smallest absolute Gasteiger partial charge is 0.261 e. The quantitative estimate of drug-likeness (QED) is 0.609. The first kappa shape index (κ1) is 23.1. The number of likely N-dealkylation sites (N-methyl/N-ethyl adjacent to an activating group) is 1. The van der Waals surface area contributed by atoms with Crippen molar-refractivity contribution in [1.29, 1.82) is 0 Å². The molecule has 0 spiro atoms. The van der Waals surface area contributed by atoms with Gasteiger partial charge in [0, 0.05) is 31.6 Å². The number of nitrogens with one attached hydrogen (secondary N) is 1. The van der Waals surface area contributed by atoms with E-state index in [4.69, 9.17) is 0 Å². The molecule has 8 heteroatoms. The Morgan fingerprint density at radius 2 is 1.62 bits per heavy atom. The van der Waals surface area contributed by atoms with Gasteiger partial charge in [0.2, 0.25) is 11.8 Å². The maximum absolute atomic E-state index is 14.2. The average molecular weight is 439 g/mol. The van der Waals surface area contributed by atoms with Crippen molar-refractivity contribution in [3.05, 3.63) is 71.0 Å². The first-order valence-electron chi connectivity index (χ1n) is 10.6. The Kier molecular flexibility index (Phi) is 7.35. The summed E-state index contributed by atoms with van der Waals surface area (Å²) in [4.78, 5) is 52.8. The summed E-state index contributed by atoms with van der Waals surface area (Å²) >= 11 is 0. The zero-order chi connectivity index (χ0) is 23.3. The molecule has 3 rings (SSSR count). The normalized spacial score (nSPS) is 13.7. The molecule has 0 aromatic heterocycles. The molecule has 1 aliphatic rings. The topological polar surface area (TPSA) is 86.8 Å². The Bertz CT molecular complexity index is 1000. The molecule has 32 heavy (non-hydrogen) atoms. The summed E-state index contributed by atoms with van der Waals surface area (Å²) in [7, 11) is 0. The Hall–Kier alpha value is -3.55. The summed E-state index contributed by atoms with van der Waals surface area (Å²) in [6.07, 6.45) is 0.242. The molecule has 0 saturated heterocycles. The Labute approximate surface area is 186 Å². The second-order valence-electron chi connectivity index (χ2n) is 7.59. The molecule has 0 radical (unpaired) electrons. The molecule has 0 bridgehead atoms. The van der Waals surface area contributed by atoms with Crippen molar-refractivity contribution >= 4 is 23.6 Å². The van der Waals surface area contributed by atoms with Gasteiger partial charge in [0.1, 0.15) is 11.9 Å². The number of rotatable bonds is 9. The van der Waals surface area contributed by atoms with E-state index < -0.39 is 11.9 Å². The van der Waals surface area contributed by atoms with Crippen molar-refractivity contribution in [1.82, 2.24) is 15.1 Å². The fourth-order valence-electron chi connectivity index (χ4n) is 3.69. The first-order valence-corrected chi connectivity index (χ1v) is 10.6. The molecule has 0 saturated carbocycles. The Balaban J connectivity index is 1.67. The van der Waals surface area contributed by atoms with E-state index in [-0.39, 0.29) is 49.6 Å². The van der Waals surface area contributed by atoms with Crippen molar-refractivity contribution < 1.29 is 23.6 Å². The minimum Gasteiger partial charge on any atom is -0.355 e. The lowest BCUT2D eigenvalue weighted by atomic mass is 10.1. The van der Waals surface area contributed by atoms with Crippen LogP contribution >= 0.6 is 0 Å². The molecule has 1 N–H and O–H groups in total. The van der Waals surface area contributed by atoms with Gasteiger partial charge in [0.25, 0.3) is 11.8 Å². The van der Waals surface area contributed by atoms with Gasteiger partial charge in [-0.25, -0.2) is 4.39 Å². The minimum absolute atomic E-state index is 0.00556. The van der Waals surface area contributed by atoms with Gasteiger partial charge in [0.05, 0.1) is 11.1 Å². The van der Waals surface area contributed by atoms with Crippen LogP contribution in [0.2, 0.25) is 0 Å². The lowest BCUT2D eigenvalue weighted by Crippen LogP contribution is -2.47. The van der Waals surface area contributed by atoms with E-state index in [0.717, 1.165) is 4.90 Å². The number of imide groups is 1. The van der Waals surface area contributed by atoms with E-state index in [2.05, 4.69) is 5.32 Å². The molecule has 4 amide bonds. The van der Waals surface area contributed by atoms with Crippen molar-refractivity contribution in [2.75, 3.05) is 13.1 Å². The average Bonchev–Trinajstić information content (AvgIpc) is 3.03. The number of amides is 4. The van der Waals surface area contributed by atoms with E-state index in [1.165, 1.54) is 11.0 Å². The molecule has 168 valence electrons. The van der Waals surface area contributed by atoms with E-state index in [0.29, 0.717) is 23.2 Å². The molecule has 1 aliphatic heterocycles. The van der Waals surface area contributed by atoms with Crippen molar-refractivity contribution in [2.24, 2.45) is 0 Å². The maximum Gasteiger partial charge on any atom is 0.261 e. The fraction of sp³-hybridized carbons (Fsp3) is 0.333. The highest BCUT2D eigenvalue weighted by atomic mass is 19.1. The third kappa shape index (κ3) is 4.85. The number of hydrogen-bond acceptors (Lipinski definition) is 4. The van der Waals surface area contributed by atoms with Crippen LogP contribution in [0.25, 0.3) is 0 Å². The lowest BCUT2D eigenvalue weighted by Gasteiger charge is -2.29. The van der Waals surface area contributed by atoms with Crippen LogP contribution in [0, 0.1) is 5.82 Å². The molecular weight excluding hydrogens is 413 g/mol. The van der Waals surface area contributed by atoms with Crippen LogP contribution in [0.4, 0.5) is 4.39 Å². The standard InChI is InChI=1S/C24H26FN3O4/c1-3-26-22(30)16(2)28(15-17-9-4-7-12-20(17)25)21(29)13-8-14-27-23(31)18-10-5-6-11-19(18)24(27)32/h4-7,9-12,16H,3,8,13-15H2,1-2H3,(H,26,30)/t16-/m1/s1. The highest BCUT2D eigenvalue weighted by Gasteiger charge is 2.35. The Morgan fingerprint density at radius 3 is 2.22 bits per heavy atom. The highest BCUT2D eigenvalue weighted by molar-refractivity contribution is 6.21. The number of benzene rings is 2. The van der Waals surface area contributed by atoms with E-state index in [1.807, 2.05) is 0 Å². The van der Waals surface area contributed by atoms with Crippen LogP contribution in [0.5, 0.6) is 0 Å². The van der Waals surface area contributed by atoms with Gasteiger partial charge in [-0.1, -0.05) is 30.3 Å². The zero-order valence-corrected chi connectivity index (χ0v) is 18.1. The molecule has 0 aliphatic carbocycles. The third-order valence-electron chi connectivity index (χ3n) is 5.47. The summed E-state index contributed by atoms with van der Waals surface area (Å²) in [5.41, 5.74) is 1.02. The van der Waals surface area contributed by atoms with Crippen molar-refractivity contribution in [3.8, 4) is 0 Å².